The smallest absolute Gasteiger partial charge is 0.193 e. The zero-order chi connectivity index (χ0) is 13.7. The largest absolute Gasteiger partial charge is 0.356 e. The third-order valence-electron chi connectivity index (χ3n) is 4.73. The van der Waals surface area contributed by atoms with E-state index in [1.807, 2.05) is 7.05 Å². The van der Waals surface area contributed by atoms with E-state index in [-0.39, 0.29) is 24.0 Å². The third-order valence-corrected chi connectivity index (χ3v) is 4.73. The Kier molecular flexibility index (Phi) is 8.22. The minimum Gasteiger partial charge on any atom is -0.356 e. The van der Waals surface area contributed by atoms with Gasteiger partial charge >= 0.3 is 0 Å². The standard InChI is InChI=1S/C16H31N3.HI/c1-13(2)7-6-10-18-16(17-3)19-11-14-8-4-5-9-15(14)12-19;/h13-15H,4-12H2,1-3H3,(H,17,18);1H. The van der Waals surface area contributed by atoms with E-state index in [9.17, 15) is 0 Å². The average Bonchev–Trinajstić information content (AvgIpc) is 2.82. The van der Waals surface area contributed by atoms with Crippen molar-refractivity contribution in [2.24, 2.45) is 22.7 Å². The second-order valence-corrected chi connectivity index (χ2v) is 6.72. The molecule has 0 radical (unpaired) electrons. The van der Waals surface area contributed by atoms with Crippen LogP contribution in [0.5, 0.6) is 0 Å². The molecule has 0 aromatic rings. The number of guanidine groups is 1. The number of hydrogen-bond acceptors (Lipinski definition) is 1. The molecule has 4 heteroatoms. The molecule has 2 unspecified atom stereocenters. The van der Waals surface area contributed by atoms with Crippen LogP contribution in [-0.2, 0) is 0 Å². The predicted octanol–water partition coefficient (Wildman–Crippen LogP) is 3.74. The molecule has 20 heavy (non-hydrogen) atoms. The Morgan fingerprint density at radius 1 is 1.20 bits per heavy atom. The lowest BCUT2D eigenvalue weighted by molar-refractivity contribution is 0.299. The lowest BCUT2D eigenvalue weighted by atomic mass is 9.82. The summed E-state index contributed by atoms with van der Waals surface area (Å²) in [5.41, 5.74) is 0. The summed E-state index contributed by atoms with van der Waals surface area (Å²) in [7, 11) is 1.92. The number of nitrogens with zero attached hydrogens (tertiary/aromatic N) is 2. The summed E-state index contributed by atoms with van der Waals surface area (Å²) in [6.07, 6.45) is 8.30. The van der Waals surface area contributed by atoms with Gasteiger partial charge < -0.3 is 10.2 Å². The highest BCUT2D eigenvalue weighted by molar-refractivity contribution is 14.0. The summed E-state index contributed by atoms with van der Waals surface area (Å²) in [5, 5.41) is 3.55. The minimum absolute atomic E-state index is 0. The Morgan fingerprint density at radius 2 is 1.80 bits per heavy atom. The van der Waals surface area contributed by atoms with Crippen molar-refractivity contribution in [2.45, 2.75) is 52.4 Å². The van der Waals surface area contributed by atoms with Gasteiger partial charge in [0.1, 0.15) is 0 Å². The van der Waals surface area contributed by atoms with Crippen molar-refractivity contribution in [1.29, 1.82) is 0 Å². The topological polar surface area (TPSA) is 27.6 Å². The van der Waals surface area contributed by atoms with Gasteiger partial charge in [0.05, 0.1) is 0 Å². The second-order valence-electron chi connectivity index (χ2n) is 6.72. The Bertz CT molecular complexity index is 290. The molecule has 0 spiro atoms. The summed E-state index contributed by atoms with van der Waals surface area (Å²) >= 11 is 0. The molecule has 1 aliphatic carbocycles. The van der Waals surface area contributed by atoms with E-state index in [2.05, 4.69) is 29.1 Å². The van der Waals surface area contributed by atoms with Crippen LogP contribution in [-0.4, -0.2) is 37.5 Å². The molecule has 1 saturated carbocycles. The van der Waals surface area contributed by atoms with Gasteiger partial charge in [0.15, 0.2) is 5.96 Å². The third kappa shape index (κ3) is 5.08. The highest BCUT2D eigenvalue weighted by atomic mass is 127. The lowest BCUT2D eigenvalue weighted by Crippen LogP contribution is -2.40. The van der Waals surface area contributed by atoms with Gasteiger partial charge in [-0.15, -0.1) is 24.0 Å². The summed E-state index contributed by atoms with van der Waals surface area (Å²) in [6, 6.07) is 0. The van der Waals surface area contributed by atoms with Gasteiger partial charge in [0.25, 0.3) is 0 Å². The van der Waals surface area contributed by atoms with Crippen molar-refractivity contribution in [3.63, 3.8) is 0 Å². The summed E-state index contributed by atoms with van der Waals surface area (Å²) in [5.74, 6) is 3.81. The number of rotatable bonds is 4. The second kappa shape index (κ2) is 9.11. The number of aliphatic imine (C=N–C) groups is 1. The molecule has 1 saturated heterocycles. The van der Waals surface area contributed by atoms with E-state index < -0.39 is 0 Å². The number of fused-ring (bicyclic) bond motifs is 1. The van der Waals surface area contributed by atoms with Gasteiger partial charge in [-0.25, -0.2) is 0 Å². The molecule has 0 aromatic heterocycles. The maximum atomic E-state index is 4.48. The van der Waals surface area contributed by atoms with Gasteiger partial charge in [-0.05, 0) is 43.4 Å². The fourth-order valence-corrected chi connectivity index (χ4v) is 3.62. The first-order valence-corrected chi connectivity index (χ1v) is 8.16. The highest BCUT2D eigenvalue weighted by Gasteiger charge is 2.35. The molecule has 2 atom stereocenters. The van der Waals surface area contributed by atoms with Crippen LogP contribution in [0.4, 0.5) is 0 Å². The van der Waals surface area contributed by atoms with E-state index in [0.717, 1.165) is 30.3 Å². The molecule has 118 valence electrons. The van der Waals surface area contributed by atoms with Gasteiger partial charge in [0, 0.05) is 26.7 Å². The van der Waals surface area contributed by atoms with Crippen LogP contribution < -0.4 is 5.32 Å². The van der Waals surface area contributed by atoms with Crippen molar-refractivity contribution in [3.05, 3.63) is 0 Å². The molecular formula is C16H32IN3. The lowest BCUT2D eigenvalue weighted by Gasteiger charge is -2.22. The number of likely N-dealkylation sites (tertiary alicyclic amines) is 1. The van der Waals surface area contributed by atoms with Crippen molar-refractivity contribution in [2.75, 3.05) is 26.7 Å². The first kappa shape index (κ1) is 18.1. The zero-order valence-corrected chi connectivity index (χ0v) is 15.7. The van der Waals surface area contributed by atoms with E-state index >= 15 is 0 Å². The Hall–Kier alpha value is 0. The Labute approximate surface area is 142 Å². The molecule has 2 rings (SSSR count). The molecule has 0 bridgehead atoms. The quantitative estimate of drug-likeness (QED) is 0.341. The fraction of sp³-hybridized carbons (Fsp3) is 0.938. The minimum atomic E-state index is 0. The van der Waals surface area contributed by atoms with Crippen molar-refractivity contribution in [3.8, 4) is 0 Å². The van der Waals surface area contributed by atoms with Crippen LogP contribution in [0.2, 0.25) is 0 Å². The number of halogens is 1. The molecule has 2 aliphatic rings. The molecule has 0 amide bonds. The molecule has 1 N–H and O–H groups in total. The summed E-state index contributed by atoms with van der Waals surface area (Å²) in [4.78, 5) is 6.97. The molecule has 3 nitrogen and oxygen atoms in total. The van der Waals surface area contributed by atoms with Crippen LogP contribution in [0, 0.1) is 17.8 Å². The Morgan fingerprint density at radius 3 is 2.30 bits per heavy atom. The number of hydrogen-bond donors (Lipinski definition) is 1. The average molecular weight is 393 g/mol. The summed E-state index contributed by atoms with van der Waals surface area (Å²) in [6.45, 7) is 8.11. The van der Waals surface area contributed by atoms with Crippen LogP contribution in [0.3, 0.4) is 0 Å². The Balaban J connectivity index is 0.00000200. The van der Waals surface area contributed by atoms with Crippen LogP contribution >= 0.6 is 24.0 Å². The van der Waals surface area contributed by atoms with E-state index in [0.29, 0.717) is 0 Å². The van der Waals surface area contributed by atoms with Crippen LogP contribution in [0.1, 0.15) is 52.4 Å². The molecule has 1 aliphatic heterocycles. The van der Waals surface area contributed by atoms with Crippen LogP contribution in [0.25, 0.3) is 0 Å². The first-order chi connectivity index (χ1) is 9.20. The maximum absolute atomic E-state index is 4.48. The monoisotopic (exact) mass is 393 g/mol. The summed E-state index contributed by atoms with van der Waals surface area (Å²) < 4.78 is 0. The van der Waals surface area contributed by atoms with Crippen molar-refractivity contribution < 1.29 is 0 Å². The van der Waals surface area contributed by atoms with Gasteiger partial charge in [-0.2, -0.15) is 0 Å². The van der Waals surface area contributed by atoms with Crippen molar-refractivity contribution >= 4 is 29.9 Å². The van der Waals surface area contributed by atoms with Crippen molar-refractivity contribution in [1.82, 2.24) is 10.2 Å². The predicted molar refractivity (Wildman–Crippen MR) is 97.9 cm³/mol. The van der Waals surface area contributed by atoms with E-state index in [1.54, 1.807) is 0 Å². The van der Waals surface area contributed by atoms with E-state index in [1.165, 1.54) is 51.6 Å². The van der Waals surface area contributed by atoms with Gasteiger partial charge in [0.2, 0.25) is 0 Å². The highest BCUT2D eigenvalue weighted by Crippen LogP contribution is 2.35. The molecule has 2 fully saturated rings. The molecular weight excluding hydrogens is 361 g/mol. The number of nitrogens with one attached hydrogen (secondary N) is 1. The van der Waals surface area contributed by atoms with Gasteiger partial charge in [-0.3, -0.25) is 4.99 Å². The molecule has 0 aromatic carbocycles. The maximum Gasteiger partial charge on any atom is 0.193 e. The zero-order valence-electron chi connectivity index (χ0n) is 13.4. The molecule has 1 heterocycles. The SMILES string of the molecule is CN=C(NCCCC(C)C)N1CC2CCCCC2C1.I. The first-order valence-electron chi connectivity index (χ1n) is 8.16. The van der Waals surface area contributed by atoms with E-state index in [4.69, 9.17) is 0 Å². The normalized spacial score (nSPS) is 26.4. The van der Waals surface area contributed by atoms with Crippen LogP contribution in [0.15, 0.2) is 4.99 Å². The fourth-order valence-electron chi connectivity index (χ4n) is 3.62. The van der Waals surface area contributed by atoms with Gasteiger partial charge in [-0.1, -0.05) is 26.7 Å².